The van der Waals surface area contributed by atoms with Crippen LogP contribution in [0.4, 0.5) is 0 Å². The van der Waals surface area contributed by atoms with Crippen LogP contribution in [0.3, 0.4) is 0 Å². The Bertz CT molecular complexity index is 77.7. The molecule has 0 spiro atoms. The molecule has 0 amide bonds. The Balaban J connectivity index is 2.76. The highest BCUT2D eigenvalue weighted by molar-refractivity contribution is 4.34. The first-order valence-electron chi connectivity index (χ1n) is 4.55. The molecule has 0 bridgehead atoms. The molecule has 0 aromatic rings. The van der Waals surface area contributed by atoms with E-state index in [0.29, 0.717) is 26.4 Å². The summed E-state index contributed by atoms with van der Waals surface area (Å²) in [7, 11) is 3.35. The van der Waals surface area contributed by atoms with Crippen LogP contribution in [0.5, 0.6) is 0 Å². The lowest BCUT2D eigenvalue weighted by Gasteiger charge is -2.04. The third-order valence-corrected chi connectivity index (χ3v) is 1.44. The van der Waals surface area contributed by atoms with Crippen molar-refractivity contribution in [2.45, 2.75) is 6.42 Å². The lowest BCUT2D eigenvalue weighted by Crippen LogP contribution is -2.09. The molecule has 0 aromatic carbocycles. The Morgan fingerprint density at radius 2 is 1.15 bits per heavy atom. The maximum atomic E-state index is 5.27. The number of methoxy groups -OCH3 is 2. The van der Waals surface area contributed by atoms with Gasteiger partial charge in [0.05, 0.1) is 26.4 Å². The molecule has 0 saturated carbocycles. The fourth-order valence-corrected chi connectivity index (χ4v) is 0.770. The van der Waals surface area contributed by atoms with Crippen molar-refractivity contribution >= 4 is 0 Å². The molecule has 0 heterocycles. The zero-order valence-electron chi connectivity index (χ0n) is 8.58. The van der Waals surface area contributed by atoms with Gasteiger partial charge in [0.2, 0.25) is 0 Å². The Hall–Kier alpha value is -0.160. The van der Waals surface area contributed by atoms with Crippen molar-refractivity contribution in [1.82, 2.24) is 0 Å². The summed E-state index contributed by atoms with van der Waals surface area (Å²) in [6.07, 6.45) is 0.939. The van der Waals surface area contributed by atoms with E-state index in [1.807, 2.05) is 0 Å². The summed E-state index contributed by atoms with van der Waals surface area (Å²) in [5.74, 6) is 0. The molecule has 0 N–H and O–H groups in total. The molecule has 0 aliphatic rings. The fourth-order valence-electron chi connectivity index (χ4n) is 0.770. The Morgan fingerprint density at radius 3 is 1.77 bits per heavy atom. The van der Waals surface area contributed by atoms with E-state index in [4.69, 9.17) is 18.9 Å². The molecule has 0 aliphatic carbocycles. The first kappa shape index (κ1) is 12.8. The van der Waals surface area contributed by atoms with Crippen LogP contribution >= 0.6 is 0 Å². The van der Waals surface area contributed by atoms with Crippen molar-refractivity contribution in [3.8, 4) is 0 Å². The van der Waals surface area contributed by atoms with Crippen LogP contribution in [-0.4, -0.2) is 53.9 Å². The Morgan fingerprint density at radius 1 is 0.615 bits per heavy atom. The predicted molar refractivity (Wildman–Crippen MR) is 50.0 cm³/mol. The second-order valence-corrected chi connectivity index (χ2v) is 2.56. The van der Waals surface area contributed by atoms with E-state index >= 15 is 0 Å². The number of hydrogen-bond acceptors (Lipinski definition) is 4. The number of rotatable bonds is 10. The van der Waals surface area contributed by atoms with Crippen molar-refractivity contribution < 1.29 is 18.9 Å². The first-order chi connectivity index (χ1) is 6.41. The molecule has 0 unspecified atom stereocenters. The van der Waals surface area contributed by atoms with Crippen molar-refractivity contribution in [3.05, 3.63) is 0 Å². The van der Waals surface area contributed by atoms with Crippen molar-refractivity contribution in [3.63, 3.8) is 0 Å². The fraction of sp³-hybridized carbons (Fsp3) is 1.00. The van der Waals surface area contributed by atoms with Crippen molar-refractivity contribution in [2.24, 2.45) is 0 Å². The van der Waals surface area contributed by atoms with Crippen LogP contribution in [0.1, 0.15) is 6.42 Å². The average molecular weight is 192 g/mol. The van der Waals surface area contributed by atoms with E-state index in [1.165, 1.54) is 0 Å². The zero-order valence-corrected chi connectivity index (χ0v) is 8.58. The van der Waals surface area contributed by atoms with Gasteiger partial charge in [0.1, 0.15) is 0 Å². The predicted octanol–water partition coefficient (Wildman–Crippen LogP) is 0.702. The molecule has 4 heteroatoms. The molecule has 13 heavy (non-hydrogen) atoms. The van der Waals surface area contributed by atoms with E-state index in [-0.39, 0.29) is 0 Å². The minimum absolute atomic E-state index is 0.635. The summed E-state index contributed by atoms with van der Waals surface area (Å²) in [5, 5.41) is 0. The third kappa shape index (κ3) is 11.8. The zero-order chi connectivity index (χ0) is 9.78. The number of ether oxygens (including phenoxy) is 4. The molecule has 0 saturated heterocycles. The molecule has 80 valence electrons. The maximum Gasteiger partial charge on any atom is 0.0701 e. The summed E-state index contributed by atoms with van der Waals surface area (Å²) in [6, 6.07) is 0. The van der Waals surface area contributed by atoms with Crippen molar-refractivity contribution in [2.75, 3.05) is 53.9 Å². The second-order valence-electron chi connectivity index (χ2n) is 2.56. The van der Waals surface area contributed by atoms with Gasteiger partial charge >= 0.3 is 0 Å². The van der Waals surface area contributed by atoms with E-state index in [9.17, 15) is 0 Å². The van der Waals surface area contributed by atoms with Gasteiger partial charge in [0, 0.05) is 27.4 Å². The molecule has 4 nitrogen and oxygen atoms in total. The molecule has 0 rings (SSSR count). The monoisotopic (exact) mass is 192 g/mol. The molecule has 0 aromatic heterocycles. The summed E-state index contributed by atoms with van der Waals surface area (Å²) in [5.41, 5.74) is 0. The molecule has 0 fully saturated rings. The Labute approximate surface area is 80.1 Å². The maximum absolute atomic E-state index is 5.27. The van der Waals surface area contributed by atoms with Crippen LogP contribution in [0.25, 0.3) is 0 Å². The number of hydrogen-bond donors (Lipinski definition) is 0. The SMILES string of the molecule is COCCCOCCOCCOC. The van der Waals surface area contributed by atoms with Crippen LogP contribution < -0.4 is 0 Å². The summed E-state index contributed by atoms with van der Waals surface area (Å²) >= 11 is 0. The van der Waals surface area contributed by atoms with Crippen molar-refractivity contribution in [1.29, 1.82) is 0 Å². The minimum atomic E-state index is 0.635. The van der Waals surface area contributed by atoms with Crippen LogP contribution in [0.15, 0.2) is 0 Å². The molecule has 0 aliphatic heterocycles. The Kier molecular flexibility index (Phi) is 11.7. The molecular formula is C9H20O4. The third-order valence-electron chi connectivity index (χ3n) is 1.44. The minimum Gasteiger partial charge on any atom is -0.385 e. The summed E-state index contributed by atoms with van der Waals surface area (Å²) in [4.78, 5) is 0. The van der Waals surface area contributed by atoms with Gasteiger partial charge in [0.15, 0.2) is 0 Å². The average Bonchev–Trinajstić information content (AvgIpc) is 2.16. The van der Waals surface area contributed by atoms with Gasteiger partial charge in [-0.05, 0) is 6.42 Å². The molecular weight excluding hydrogens is 172 g/mol. The summed E-state index contributed by atoms with van der Waals surface area (Å²) in [6.45, 7) is 4.05. The lowest BCUT2D eigenvalue weighted by atomic mass is 10.5. The van der Waals surface area contributed by atoms with Gasteiger partial charge < -0.3 is 18.9 Å². The largest absolute Gasteiger partial charge is 0.385 e. The second kappa shape index (κ2) is 11.8. The van der Waals surface area contributed by atoms with Gasteiger partial charge in [0.25, 0.3) is 0 Å². The van der Waals surface area contributed by atoms with Gasteiger partial charge in [-0.25, -0.2) is 0 Å². The van der Waals surface area contributed by atoms with Gasteiger partial charge in [-0.15, -0.1) is 0 Å². The quantitative estimate of drug-likeness (QED) is 0.477. The van der Waals surface area contributed by atoms with Gasteiger partial charge in [-0.2, -0.15) is 0 Å². The van der Waals surface area contributed by atoms with E-state index in [0.717, 1.165) is 19.6 Å². The van der Waals surface area contributed by atoms with Crippen LogP contribution in [-0.2, 0) is 18.9 Å². The summed E-state index contributed by atoms with van der Waals surface area (Å²) < 4.78 is 20.2. The smallest absolute Gasteiger partial charge is 0.0701 e. The topological polar surface area (TPSA) is 36.9 Å². The van der Waals surface area contributed by atoms with Gasteiger partial charge in [-0.3, -0.25) is 0 Å². The highest BCUT2D eigenvalue weighted by Gasteiger charge is 1.89. The van der Waals surface area contributed by atoms with E-state index in [2.05, 4.69) is 0 Å². The van der Waals surface area contributed by atoms with Crippen LogP contribution in [0, 0.1) is 0 Å². The highest BCUT2D eigenvalue weighted by atomic mass is 16.5. The first-order valence-corrected chi connectivity index (χ1v) is 4.55. The lowest BCUT2D eigenvalue weighted by molar-refractivity contribution is 0.0204. The van der Waals surface area contributed by atoms with E-state index < -0.39 is 0 Å². The molecule has 0 atom stereocenters. The normalized spacial score (nSPS) is 10.6. The standard InChI is InChI=1S/C9H20O4/c1-10-4-3-5-12-8-9-13-7-6-11-2/h3-9H2,1-2H3. The molecule has 0 radical (unpaired) electrons. The highest BCUT2D eigenvalue weighted by Crippen LogP contribution is 1.84. The van der Waals surface area contributed by atoms with Gasteiger partial charge in [-0.1, -0.05) is 0 Å². The van der Waals surface area contributed by atoms with E-state index in [1.54, 1.807) is 14.2 Å². The van der Waals surface area contributed by atoms with Crippen LogP contribution in [0.2, 0.25) is 0 Å².